The molecule has 5 rings (SSSR count). The molecule has 2 aliphatic carbocycles. The third-order valence-electron chi connectivity index (χ3n) is 7.61. The lowest BCUT2D eigenvalue weighted by Gasteiger charge is -2.41. The van der Waals surface area contributed by atoms with E-state index in [9.17, 15) is 14.4 Å². The van der Waals surface area contributed by atoms with Crippen molar-refractivity contribution in [1.29, 1.82) is 5.26 Å². The predicted molar refractivity (Wildman–Crippen MR) is 138 cm³/mol. The van der Waals surface area contributed by atoms with Crippen molar-refractivity contribution in [2.24, 2.45) is 13.0 Å². The van der Waals surface area contributed by atoms with Gasteiger partial charge in [-0.3, -0.25) is 4.79 Å². The van der Waals surface area contributed by atoms with Gasteiger partial charge in [-0.2, -0.15) is 5.26 Å². The molecule has 0 radical (unpaired) electrons. The van der Waals surface area contributed by atoms with Crippen LogP contribution in [0.1, 0.15) is 44.1 Å². The van der Waals surface area contributed by atoms with E-state index >= 15 is 0 Å². The molecule has 0 atom stereocenters. The lowest BCUT2D eigenvalue weighted by atomic mass is 9.88. The minimum Gasteiger partial charge on any atom is -0.369 e. The van der Waals surface area contributed by atoms with Gasteiger partial charge in [0.05, 0.1) is 11.2 Å². The summed E-state index contributed by atoms with van der Waals surface area (Å²) in [6.07, 6.45) is 6.34. The Balaban J connectivity index is 1.41. The second kappa shape index (κ2) is 9.50. The second-order valence-corrected chi connectivity index (χ2v) is 10.2. The number of hydrogen-bond acceptors (Lipinski definition) is 5. The summed E-state index contributed by atoms with van der Waals surface area (Å²) >= 11 is 6.21. The molecular weight excluding hydrogens is 465 g/mol. The number of rotatable bonds is 6. The monoisotopic (exact) mass is 493 g/mol. The van der Waals surface area contributed by atoms with Crippen LogP contribution in [0.25, 0.3) is 11.0 Å². The Bertz CT molecular complexity index is 1340. The number of anilines is 2. The maximum absolute atomic E-state index is 13.5. The van der Waals surface area contributed by atoms with Crippen molar-refractivity contribution in [3.63, 3.8) is 0 Å². The van der Waals surface area contributed by atoms with Gasteiger partial charge in [0.1, 0.15) is 28.1 Å². The van der Waals surface area contributed by atoms with E-state index in [0.29, 0.717) is 27.9 Å². The fourth-order valence-corrected chi connectivity index (χ4v) is 5.58. The summed E-state index contributed by atoms with van der Waals surface area (Å²) in [5.74, 6) is 0.509. The molecule has 0 bridgehead atoms. The van der Waals surface area contributed by atoms with E-state index in [0.717, 1.165) is 43.8 Å². The highest BCUT2D eigenvalue weighted by Crippen LogP contribution is 2.37. The summed E-state index contributed by atoms with van der Waals surface area (Å²) in [5, 5.41) is 10.2. The number of aromatic nitrogens is 2. The number of nitrogens with zero attached hydrogens (tertiary/aromatic N) is 5. The van der Waals surface area contributed by atoms with Crippen LogP contribution < -0.4 is 15.4 Å². The maximum atomic E-state index is 13.5. The molecule has 0 amide bonds. The van der Waals surface area contributed by atoms with E-state index in [1.165, 1.54) is 29.5 Å². The SMILES string of the molecule is Cn1c(=O)c(C#N)c(N(C)[C@H]2CC[C@@H](N(CC3CC3)c3ccc(F)cc3)CC2)c2nc(Cl)ccc21. The number of aryl methyl sites for hydroxylation is 1. The topological polar surface area (TPSA) is 65.2 Å². The smallest absolute Gasteiger partial charge is 0.270 e. The van der Waals surface area contributed by atoms with Gasteiger partial charge in [0.25, 0.3) is 5.56 Å². The zero-order valence-corrected chi connectivity index (χ0v) is 20.8. The lowest BCUT2D eigenvalue weighted by molar-refractivity contribution is 0.365. The zero-order chi connectivity index (χ0) is 24.7. The molecule has 0 N–H and O–H groups in total. The van der Waals surface area contributed by atoms with Crippen LogP contribution in [0.5, 0.6) is 0 Å². The van der Waals surface area contributed by atoms with E-state index in [1.54, 1.807) is 19.2 Å². The van der Waals surface area contributed by atoms with Gasteiger partial charge < -0.3 is 14.4 Å². The summed E-state index contributed by atoms with van der Waals surface area (Å²) in [6, 6.07) is 13.0. The number of nitriles is 1. The molecule has 2 saturated carbocycles. The minimum absolute atomic E-state index is 0.0982. The molecule has 0 spiro atoms. The number of hydrogen-bond donors (Lipinski definition) is 0. The van der Waals surface area contributed by atoms with Gasteiger partial charge in [-0.15, -0.1) is 0 Å². The predicted octanol–water partition coefficient (Wildman–Crippen LogP) is 5.26. The maximum Gasteiger partial charge on any atom is 0.270 e. The van der Waals surface area contributed by atoms with E-state index in [1.807, 2.05) is 19.2 Å². The van der Waals surface area contributed by atoms with Crippen molar-refractivity contribution in [3.8, 4) is 6.07 Å². The third-order valence-corrected chi connectivity index (χ3v) is 7.82. The summed E-state index contributed by atoms with van der Waals surface area (Å²) in [5.41, 5.74) is 2.64. The normalized spacial score (nSPS) is 20.0. The summed E-state index contributed by atoms with van der Waals surface area (Å²) < 4.78 is 15.0. The van der Waals surface area contributed by atoms with Crippen LogP contribution in [-0.4, -0.2) is 35.2 Å². The summed E-state index contributed by atoms with van der Waals surface area (Å²) in [7, 11) is 3.60. The Labute approximate surface area is 209 Å². The highest BCUT2D eigenvalue weighted by atomic mass is 35.5. The molecule has 3 aromatic rings. The Morgan fingerprint density at radius 3 is 2.37 bits per heavy atom. The Morgan fingerprint density at radius 2 is 1.74 bits per heavy atom. The fraction of sp³-hybridized carbons (Fsp3) is 0.444. The minimum atomic E-state index is -0.327. The van der Waals surface area contributed by atoms with Crippen LogP contribution >= 0.6 is 11.6 Å². The van der Waals surface area contributed by atoms with Gasteiger partial charge in [-0.25, -0.2) is 9.37 Å². The van der Waals surface area contributed by atoms with Gasteiger partial charge in [-0.1, -0.05) is 11.6 Å². The number of benzene rings is 1. The molecule has 1 aromatic carbocycles. The third kappa shape index (κ3) is 4.60. The number of fused-ring (bicyclic) bond motifs is 1. The van der Waals surface area contributed by atoms with E-state index in [2.05, 4.69) is 20.9 Å². The van der Waals surface area contributed by atoms with Gasteiger partial charge >= 0.3 is 0 Å². The quantitative estimate of drug-likeness (QED) is 0.438. The molecule has 2 heterocycles. The molecule has 6 nitrogen and oxygen atoms in total. The summed E-state index contributed by atoms with van der Waals surface area (Å²) in [4.78, 5) is 22.0. The van der Waals surface area contributed by atoms with E-state index in [-0.39, 0.29) is 23.0 Å². The van der Waals surface area contributed by atoms with Gasteiger partial charge in [0, 0.05) is 38.4 Å². The van der Waals surface area contributed by atoms with Crippen LogP contribution in [0.2, 0.25) is 5.15 Å². The highest BCUT2D eigenvalue weighted by Gasteiger charge is 2.33. The van der Waals surface area contributed by atoms with Gasteiger partial charge in [0.15, 0.2) is 0 Å². The Kier molecular flexibility index (Phi) is 6.41. The lowest BCUT2D eigenvalue weighted by Crippen LogP contribution is -2.44. The molecule has 2 aromatic heterocycles. The van der Waals surface area contributed by atoms with Crippen LogP contribution in [0.4, 0.5) is 15.8 Å². The van der Waals surface area contributed by atoms with Crippen LogP contribution in [0.3, 0.4) is 0 Å². The first-order chi connectivity index (χ1) is 16.9. The van der Waals surface area contributed by atoms with Crippen LogP contribution in [-0.2, 0) is 7.05 Å². The van der Waals surface area contributed by atoms with Crippen molar-refractivity contribution >= 4 is 34.0 Å². The van der Waals surface area contributed by atoms with Crippen LogP contribution in [0, 0.1) is 23.1 Å². The number of pyridine rings is 2. The van der Waals surface area contributed by atoms with Crippen LogP contribution in [0.15, 0.2) is 41.2 Å². The van der Waals surface area contributed by atoms with Crippen molar-refractivity contribution in [2.45, 2.75) is 50.6 Å². The number of halogens is 2. The second-order valence-electron chi connectivity index (χ2n) is 9.85. The molecular formula is C27H29ClFN5O. The first kappa shape index (κ1) is 23.6. The van der Waals surface area contributed by atoms with Crippen molar-refractivity contribution in [2.75, 3.05) is 23.4 Å². The van der Waals surface area contributed by atoms with Gasteiger partial charge in [-0.05, 0) is 80.8 Å². The first-order valence-corrected chi connectivity index (χ1v) is 12.6. The average Bonchev–Trinajstić information content (AvgIpc) is 3.69. The molecule has 8 heteroatoms. The summed E-state index contributed by atoms with van der Waals surface area (Å²) in [6.45, 7) is 1.01. The molecule has 0 aliphatic heterocycles. The van der Waals surface area contributed by atoms with E-state index in [4.69, 9.17) is 11.6 Å². The Morgan fingerprint density at radius 1 is 1.09 bits per heavy atom. The fourth-order valence-electron chi connectivity index (χ4n) is 5.43. The molecule has 35 heavy (non-hydrogen) atoms. The zero-order valence-electron chi connectivity index (χ0n) is 20.0. The van der Waals surface area contributed by atoms with Crippen molar-refractivity contribution in [3.05, 3.63) is 63.3 Å². The molecule has 2 fully saturated rings. The molecule has 0 saturated heterocycles. The van der Waals surface area contributed by atoms with Crippen molar-refractivity contribution in [1.82, 2.24) is 9.55 Å². The Hall–Kier alpha value is -3.11. The largest absolute Gasteiger partial charge is 0.369 e. The average molecular weight is 494 g/mol. The standard InChI is InChI=1S/C27H29ClFN5O/c1-32(26-22(15-30)27(35)33(2)23-13-14-24(28)31-25(23)26)19-9-11-21(12-10-19)34(16-17-3-4-17)20-7-5-18(29)6-8-20/h5-8,13-14,17,19,21H,3-4,9-12,16H2,1-2H3/t19-,21+. The first-order valence-electron chi connectivity index (χ1n) is 12.2. The molecule has 0 unspecified atom stereocenters. The highest BCUT2D eigenvalue weighted by molar-refractivity contribution is 6.29. The molecule has 2 aliphatic rings. The molecule has 182 valence electrons. The van der Waals surface area contributed by atoms with Gasteiger partial charge in [0.2, 0.25) is 0 Å². The van der Waals surface area contributed by atoms with E-state index < -0.39 is 0 Å². The van der Waals surface area contributed by atoms with Crippen molar-refractivity contribution < 1.29 is 4.39 Å².